The normalized spacial score (nSPS) is 9.86. The molecule has 0 saturated carbocycles. The largest absolute Gasteiger partial charge is 0.490 e. The van der Waals surface area contributed by atoms with Crippen LogP contribution in [0.5, 0.6) is 5.75 Å². The van der Waals surface area contributed by atoms with Crippen molar-refractivity contribution in [2.45, 2.75) is 6.92 Å². The third-order valence-corrected chi connectivity index (χ3v) is 1.74. The summed E-state index contributed by atoms with van der Waals surface area (Å²) in [6.45, 7) is 4.37. The molecule has 1 aromatic rings. The number of anilines is 1. The smallest absolute Gasteiger partial charge is 0.168 e. The quantitative estimate of drug-likeness (QED) is 0.667. The molecule has 1 heterocycles. The Morgan fingerprint density at radius 3 is 3.00 bits per heavy atom. The van der Waals surface area contributed by atoms with E-state index in [0.29, 0.717) is 6.61 Å². The zero-order valence-electron chi connectivity index (χ0n) is 8.71. The molecule has 78 valence electrons. The van der Waals surface area contributed by atoms with Crippen LogP contribution < -0.4 is 15.4 Å². The molecule has 0 saturated heterocycles. The number of ether oxygens (including phenoxy) is 1. The Hall–Kier alpha value is -1.29. The van der Waals surface area contributed by atoms with Gasteiger partial charge in [-0.25, -0.2) is 4.98 Å². The van der Waals surface area contributed by atoms with Gasteiger partial charge in [0.2, 0.25) is 0 Å². The number of likely N-dealkylation sites (N-methyl/N-ethyl adjacent to an activating group) is 1. The fourth-order valence-corrected chi connectivity index (χ4v) is 1.10. The maximum absolute atomic E-state index is 5.42. The zero-order valence-corrected chi connectivity index (χ0v) is 8.71. The standard InChI is InChI=1S/C10H17N3O/c1-3-14-9-5-4-6-12-10(9)13-8-7-11-2/h4-6,11H,3,7-8H2,1-2H3,(H,12,13). The van der Waals surface area contributed by atoms with Crippen LogP contribution in [0, 0.1) is 0 Å². The first kappa shape index (κ1) is 10.8. The molecule has 4 nitrogen and oxygen atoms in total. The Morgan fingerprint density at radius 2 is 2.29 bits per heavy atom. The molecule has 0 aliphatic heterocycles. The van der Waals surface area contributed by atoms with Gasteiger partial charge in [0, 0.05) is 19.3 Å². The number of hydrogen-bond acceptors (Lipinski definition) is 4. The molecule has 0 amide bonds. The van der Waals surface area contributed by atoms with E-state index >= 15 is 0 Å². The maximum atomic E-state index is 5.42. The summed E-state index contributed by atoms with van der Waals surface area (Å²) in [7, 11) is 1.92. The Labute approximate surface area is 84.7 Å². The summed E-state index contributed by atoms with van der Waals surface area (Å²) in [6.07, 6.45) is 1.75. The van der Waals surface area contributed by atoms with E-state index in [1.807, 2.05) is 26.1 Å². The lowest BCUT2D eigenvalue weighted by Gasteiger charge is -2.10. The van der Waals surface area contributed by atoms with Gasteiger partial charge in [0.25, 0.3) is 0 Å². The van der Waals surface area contributed by atoms with Crippen molar-refractivity contribution in [3.8, 4) is 5.75 Å². The topological polar surface area (TPSA) is 46.2 Å². The highest BCUT2D eigenvalue weighted by Crippen LogP contribution is 2.19. The Kier molecular flexibility index (Phi) is 4.78. The van der Waals surface area contributed by atoms with Gasteiger partial charge < -0.3 is 15.4 Å². The Balaban J connectivity index is 2.55. The highest BCUT2D eigenvalue weighted by atomic mass is 16.5. The van der Waals surface area contributed by atoms with Crippen LogP contribution in [0.3, 0.4) is 0 Å². The molecule has 0 atom stereocenters. The number of aromatic nitrogens is 1. The van der Waals surface area contributed by atoms with Crippen molar-refractivity contribution in [1.29, 1.82) is 0 Å². The predicted octanol–water partition coefficient (Wildman–Crippen LogP) is 1.11. The van der Waals surface area contributed by atoms with E-state index in [4.69, 9.17) is 4.74 Å². The molecule has 0 aromatic carbocycles. The minimum Gasteiger partial charge on any atom is -0.490 e. The average molecular weight is 195 g/mol. The maximum Gasteiger partial charge on any atom is 0.168 e. The Bertz CT molecular complexity index is 265. The van der Waals surface area contributed by atoms with Gasteiger partial charge >= 0.3 is 0 Å². The van der Waals surface area contributed by atoms with Crippen LogP contribution >= 0.6 is 0 Å². The summed E-state index contributed by atoms with van der Waals surface area (Å²) < 4.78 is 5.42. The molecule has 1 rings (SSSR count). The SMILES string of the molecule is CCOc1cccnc1NCCNC. The molecule has 0 aliphatic rings. The first-order valence-electron chi connectivity index (χ1n) is 4.84. The Morgan fingerprint density at radius 1 is 1.43 bits per heavy atom. The summed E-state index contributed by atoms with van der Waals surface area (Å²) in [6, 6.07) is 3.78. The predicted molar refractivity (Wildman–Crippen MR) is 57.8 cm³/mol. The first-order chi connectivity index (χ1) is 6.88. The van der Waals surface area contributed by atoms with Gasteiger partial charge in [0.05, 0.1) is 6.61 Å². The van der Waals surface area contributed by atoms with Crippen LogP contribution in [0.1, 0.15) is 6.92 Å². The lowest BCUT2D eigenvalue weighted by molar-refractivity contribution is 0.340. The van der Waals surface area contributed by atoms with Crippen LogP contribution in [-0.4, -0.2) is 31.7 Å². The first-order valence-corrected chi connectivity index (χ1v) is 4.84. The van der Waals surface area contributed by atoms with Crippen molar-refractivity contribution in [1.82, 2.24) is 10.3 Å². The van der Waals surface area contributed by atoms with E-state index in [0.717, 1.165) is 24.7 Å². The number of pyridine rings is 1. The molecule has 0 unspecified atom stereocenters. The molecule has 0 bridgehead atoms. The summed E-state index contributed by atoms with van der Waals surface area (Å²) in [4.78, 5) is 4.21. The molecular weight excluding hydrogens is 178 g/mol. The van der Waals surface area contributed by atoms with Gasteiger partial charge in [-0.15, -0.1) is 0 Å². The molecule has 14 heavy (non-hydrogen) atoms. The number of nitrogens with zero attached hydrogens (tertiary/aromatic N) is 1. The van der Waals surface area contributed by atoms with Crippen molar-refractivity contribution in [2.24, 2.45) is 0 Å². The second kappa shape index (κ2) is 6.21. The van der Waals surface area contributed by atoms with Crippen LogP contribution in [0.4, 0.5) is 5.82 Å². The van der Waals surface area contributed by atoms with E-state index in [2.05, 4.69) is 15.6 Å². The van der Waals surface area contributed by atoms with Crippen LogP contribution in [0.15, 0.2) is 18.3 Å². The monoisotopic (exact) mass is 195 g/mol. The van der Waals surface area contributed by atoms with Crippen LogP contribution in [-0.2, 0) is 0 Å². The molecule has 0 fully saturated rings. The third kappa shape index (κ3) is 3.22. The molecule has 0 spiro atoms. The van der Waals surface area contributed by atoms with Crippen LogP contribution in [0.2, 0.25) is 0 Å². The highest BCUT2D eigenvalue weighted by molar-refractivity contribution is 5.49. The average Bonchev–Trinajstić information content (AvgIpc) is 2.21. The lowest BCUT2D eigenvalue weighted by Crippen LogP contribution is -2.18. The van der Waals surface area contributed by atoms with Crippen molar-refractivity contribution in [2.75, 3.05) is 32.1 Å². The van der Waals surface area contributed by atoms with Gasteiger partial charge in [0.1, 0.15) is 0 Å². The van der Waals surface area contributed by atoms with Crippen LogP contribution in [0.25, 0.3) is 0 Å². The molecule has 0 aliphatic carbocycles. The summed E-state index contributed by atoms with van der Waals surface area (Å²) in [5, 5.41) is 6.26. The molecular formula is C10H17N3O. The fraction of sp³-hybridized carbons (Fsp3) is 0.500. The second-order valence-corrected chi connectivity index (χ2v) is 2.81. The molecule has 0 radical (unpaired) electrons. The van der Waals surface area contributed by atoms with E-state index in [1.165, 1.54) is 0 Å². The summed E-state index contributed by atoms with van der Waals surface area (Å²) >= 11 is 0. The summed E-state index contributed by atoms with van der Waals surface area (Å²) in [5.41, 5.74) is 0. The highest BCUT2D eigenvalue weighted by Gasteiger charge is 2.01. The third-order valence-electron chi connectivity index (χ3n) is 1.74. The fourth-order valence-electron chi connectivity index (χ4n) is 1.10. The zero-order chi connectivity index (χ0) is 10.2. The van der Waals surface area contributed by atoms with Crippen molar-refractivity contribution < 1.29 is 4.74 Å². The number of hydrogen-bond donors (Lipinski definition) is 2. The minimum absolute atomic E-state index is 0.659. The van der Waals surface area contributed by atoms with Gasteiger partial charge in [-0.1, -0.05) is 0 Å². The molecule has 4 heteroatoms. The van der Waals surface area contributed by atoms with E-state index in [1.54, 1.807) is 6.20 Å². The minimum atomic E-state index is 0.659. The number of rotatable bonds is 6. The van der Waals surface area contributed by atoms with Crippen molar-refractivity contribution in [3.63, 3.8) is 0 Å². The van der Waals surface area contributed by atoms with Gasteiger partial charge in [0.15, 0.2) is 11.6 Å². The second-order valence-electron chi connectivity index (χ2n) is 2.81. The van der Waals surface area contributed by atoms with Gasteiger partial charge in [-0.05, 0) is 26.1 Å². The van der Waals surface area contributed by atoms with Gasteiger partial charge in [-0.2, -0.15) is 0 Å². The van der Waals surface area contributed by atoms with E-state index in [9.17, 15) is 0 Å². The van der Waals surface area contributed by atoms with Gasteiger partial charge in [-0.3, -0.25) is 0 Å². The van der Waals surface area contributed by atoms with Crippen molar-refractivity contribution >= 4 is 5.82 Å². The van der Waals surface area contributed by atoms with E-state index in [-0.39, 0.29) is 0 Å². The molecule has 1 aromatic heterocycles. The van der Waals surface area contributed by atoms with Crippen molar-refractivity contribution in [3.05, 3.63) is 18.3 Å². The lowest BCUT2D eigenvalue weighted by atomic mass is 10.4. The summed E-state index contributed by atoms with van der Waals surface area (Å²) in [5.74, 6) is 1.62. The molecule has 2 N–H and O–H groups in total. The number of nitrogens with one attached hydrogen (secondary N) is 2. The van der Waals surface area contributed by atoms with E-state index < -0.39 is 0 Å².